The highest BCUT2D eigenvalue weighted by atomic mass is 16.5. The zero-order valence-electron chi connectivity index (χ0n) is 8.16. The topological polar surface area (TPSA) is 75.6 Å². The van der Waals surface area contributed by atoms with E-state index in [0.29, 0.717) is 0 Å². The predicted octanol–water partition coefficient (Wildman–Crippen LogP) is -0.563. The highest BCUT2D eigenvalue weighted by molar-refractivity contribution is 5.81. The van der Waals surface area contributed by atoms with Crippen molar-refractivity contribution >= 4 is 11.9 Å². The standard InChI is InChI=1S/C9H15NO4/c1-14-9(13)7(11)5-10-8(12)6-3-2-4-6/h6-7,11H,2-5H2,1H3,(H,10,12). The molecule has 0 aliphatic heterocycles. The van der Waals surface area contributed by atoms with E-state index in [-0.39, 0.29) is 18.4 Å². The molecule has 0 spiro atoms. The van der Waals surface area contributed by atoms with Gasteiger partial charge in [-0.3, -0.25) is 4.79 Å². The summed E-state index contributed by atoms with van der Waals surface area (Å²) in [6, 6.07) is 0. The van der Waals surface area contributed by atoms with Crippen LogP contribution in [0.2, 0.25) is 0 Å². The summed E-state index contributed by atoms with van der Waals surface area (Å²) in [6.07, 6.45) is 1.63. The van der Waals surface area contributed by atoms with E-state index in [1.54, 1.807) is 0 Å². The van der Waals surface area contributed by atoms with Crippen molar-refractivity contribution in [3.05, 3.63) is 0 Å². The van der Waals surface area contributed by atoms with E-state index in [1.165, 1.54) is 7.11 Å². The minimum atomic E-state index is -1.26. The summed E-state index contributed by atoms with van der Waals surface area (Å²) in [4.78, 5) is 22.0. The Balaban J connectivity index is 2.18. The van der Waals surface area contributed by atoms with Crippen LogP contribution < -0.4 is 5.32 Å². The average molecular weight is 201 g/mol. The molecule has 5 heteroatoms. The van der Waals surface area contributed by atoms with Gasteiger partial charge in [-0.05, 0) is 12.8 Å². The lowest BCUT2D eigenvalue weighted by atomic mass is 9.85. The van der Waals surface area contributed by atoms with Crippen LogP contribution >= 0.6 is 0 Å². The summed E-state index contributed by atoms with van der Waals surface area (Å²) in [6.45, 7) is -0.0675. The largest absolute Gasteiger partial charge is 0.467 e. The fourth-order valence-electron chi connectivity index (χ4n) is 1.23. The first-order valence-corrected chi connectivity index (χ1v) is 4.68. The normalized spacial score (nSPS) is 18.1. The van der Waals surface area contributed by atoms with Crippen molar-refractivity contribution in [1.82, 2.24) is 5.32 Å². The fourth-order valence-corrected chi connectivity index (χ4v) is 1.23. The smallest absolute Gasteiger partial charge is 0.336 e. The Hall–Kier alpha value is -1.10. The van der Waals surface area contributed by atoms with Gasteiger partial charge in [0.25, 0.3) is 0 Å². The van der Waals surface area contributed by atoms with E-state index >= 15 is 0 Å². The minimum Gasteiger partial charge on any atom is -0.467 e. The zero-order valence-corrected chi connectivity index (χ0v) is 8.16. The zero-order chi connectivity index (χ0) is 10.6. The third kappa shape index (κ3) is 2.70. The third-order valence-corrected chi connectivity index (χ3v) is 2.42. The quantitative estimate of drug-likeness (QED) is 0.598. The molecule has 0 aromatic rings. The molecule has 1 aliphatic rings. The summed E-state index contributed by atoms with van der Waals surface area (Å²) in [5.41, 5.74) is 0. The Kier molecular flexibility index (Phi) is 3.88. The van der Waals surface area contributed by atoms with Gasteiger partial charge in [0, 0.05) is 5.92 Å². The maximum Gasteiger partial charge on any atom is 0.336 e. The average Bonchev–Trinajstić information content (AvgIpc) is 2.10. The molecule has 0 heterocycles. The number of esters is 1. The first-order valence-electron chi connectivity index (χ1n) is 4.68. The van der Waals surface area contributed by atoms with Crippen LogP contribution in [0.5, 0.6) is 0 Å². The number of aliphatic hydroxyl groups excluding tert-OH is 1. The van der Waals surface area contributed by atoms with Gasteiger partial charge in [-0.1, -0.05) is 6.42 Å². The van der Waals surface area contributed by atoms with Gasteiger partial charge in [0.15, 0.2) is 6.10 Å². The van der Waals surface area contributed by atoms with E-state index < -0.39 is 12.1 Å². The Morgan fingerprint density at radius 3 is 2.64 bits per heavy atom. The predicted molar refractivity (Wildman–Crippen MR) is 48.4 cm³/mol. The Labute approximate surface area is 82.4 Å². The first kappa shape index (κ1) is 11.0. The van der Waals surface area contributed by atoms with E-state index in [4.69, 9.17) is 5.11 Å². The maximum atomic E-state index is 11.3. The molecule has 1 aliphatic carbocycles. The number of rotatable bonds is 4. The highest BCUT2D eigenvalue weighted by Gasteiger charge is 2.26. The molecule has 0 aromatic heterocycles. The van der Waals surface area contributed by atoms with Gasteiger partial charge in [-0.25, -0.2) is 4.79 Å². The molecule has 0 radical (unpaired) electrons. The number of amides is 1. The van der Waals surface area contributed by atoms with Crippen molar-refractivity contribution in [3.8, 4) is 0 Å². The number of carbonyl (C=O) groups is 2. The second-order valence-corrected chi connectivity index (χ2v) is 3.41. The van der Waals surface area contributed by atoms with Crippen LogP contribution in [-0.4, -0.2) is 36.7 Å². The Morgan fingerprint density at radius 1 is 1.57 bits per heavy atom. The molecule has 2 N–H and O–H groups in total. The summed E-state index contributed by atoms with van der Waals surface area (Å²) in [5.74, 6) is -0.738. The molecular formula is C9H15NO4. The van der Waals surface area contributed by atoms with Crippen molar-refractivity contribution in [1.29, 1.82) is 0 Å². The molecule has 1 unspecified atom stereocenters. The van der Waals surface area contributed by atoms with E-state index in [2.05, 4.69) is 10.1 Å². The van der Waals surface area contributed by atoms with Crippen LogP contribution in [0.15, 0.2) is 0 Å². The third-order valence-electron chi connectivity index (χ3n) is 2.42. The van der Waals surface area contributed by atoms with E-state index in [0.717, 1.165) is 19.3 Å². The molecule has 80 valence electrons. The van der Waals surface area contributed by atoms with Crippen LogP contribution in [0, 0.1) is 5.92 Å². The molecule has 1 rings (SSSR count). The molecule has 1 amide bonds. The van der Waals surface area contributed by atoms with Crippen LogP contribution in [0.25, 0.3) is 0 Å². The first-order chi connectivity index (χ1) is 6.65. The van der Waals surface area contributed by atoms with Crippen molar-refractivity contribution in [2.45, 2.75) is 25.4 Å². The molecule has 0 bridgehead atoms. The molecule has 1 fully saturated rings. The molecular weight excluding hydrogens is 186 g/mol. The number of ether oxygens (including phenoxy) is 1. The van der Waals surface area contributed by atoms with Gasteiger partial charge < -0.3 is 15.2 Å². The second-order valence-electron chi connectivity index (χ2n) is 3.41. The number of aliphatic hydroxyl groups is 1. The van der Waals surface area contributed by atoms with Gasteiger partial charge in [0.1, 0.15) is 0 Å². The summed E-state index contributed by atoms with van der Waals surface area (Å²) < 4.78 is 4.30. The minimum absolute atomic E-state index is 0.0675. The van der Waals surface area contributed by atoms with Gasteiger partial charge in [-0.15, -0.1) is 0 Å². The van der Waals surface area contributed by atoms with Gasteiger partial charge in [0.2, 0.25) is 5.91 Å². The Morgan fingerprint density at radius 2 is 2.21 bits per heavy atom. The number of methoxy groups -OCH3 is 1. The fraction of sp³-hybridized carbons (Fsp3) is 0.778. The number of carbonyl (C=O) groups excluding carboxylic acids is 2. The summed E-state index contributed by atoms with van der Waals surface area (Å²) in [5, 5.41) is 11.7. The van der Waals surface area contributed by atoms with E-state index in [9.17, 15) is 9.59 Å². The lowest BCUT2D eigenvalue weighted by Gasteiger charge is -2.24. The van der Waals surface area contributed by atoms with Crippen LogP contribution in [0.3, 0.4) is 0 Å². The maximum absolute atomic E-state index is 11.3. The number of hydrogen-bond acceptors (Lipinski definition) is 4. The van der Waals surface area contributed by atoms with Gasteiger partial charge >= 0.3 is 5.97 Å². The van der Waals surface area contributed by atoms with Gasteiger partial charge in [-0.2, -0.15) is 0 Å². The van der Waals surface area contributed by atoms with Crippen molar-refractivity contribution < 1.29 is 19.4 Å². The number of hydrogen-bond donors (Lipinski definition) is 2. The molecule has 14 heavy (non-hydrogen) atoms. The molecule has 0 saturated heterocycles. The van der Waals surface area contributed by atoms with Crippen molar-refractivity contribution in [2.75, 3.05) is 13.7 Å². The van der Waals surface area contributed by atoms with Crippen molar-refractivity contribution in [3.63, 3.8) is 0 Å². The summed E-state index contributed by atoms with van der Waals surface area (Å²) in [7, 11) is 1.19. The molecule has 5 nitrogen and oxygen atoms in total. The van der Waals surface area contributed by atoms with Crippen LogP contribution in [-0.2, 0) is 14.3 Å². The molecule has 1 saturated carbocycles. The van der Waals surface area contributed by atoms with Gasteiger partial charge in [0.05, 0.1) is 13.7 Å². The molecule has 0 aromatic carbocycles. The SMILES string of the molecule is COC(=O)C(O)CNC(=O)C1CCC1. The number of nitrogens with one attached hydrogen (secondary N) is 1. The second kappa shape index (κ2) is 4.95. The highest BCUT2D eigenvalue weighted by Crippen LogP contribution is 2.25. The van der Waals surface area contributed by atoms with E-state index in [1.807, 2.05) is 0 Å². The lowest BCUT2D eigenvalue weighted by Crippen LogP contribution is -2.41. The Bertz CT molecular complexity index is 225. The lowest BCUT2D eigenvalue weighted by molar-refractivity contribution is -0.150. The molecule has 1 atom stereocenters. The van der Waals surface area contributed by atoms with Crippen LogP contribution in [0.1, 0.15) is 19.3 Å². The summed E-state index contributed by atoms with van der Waals surface area (Å²) >= 11 is 0. The van der Waals surface area contributed by atoms with Crippen LogP contribution in [0.4, 0.5) is 0 Å². The monoisotopic (exact) mass is 201 g/mol. The van der Waals surface area contributed by atoms with Crippen molar-refractivity contribution in [2.24, 2.45) is 5.92 Å².